The Kier molecular flexibility index (Phi) is 5.26. The number of fused-ring (bicyclic) bond motifs is 1. The highest BCUT2D eigenvalue weighted by atomic mass is 32.2. The second-order valence-electron chi connectivity index (χ2n) is 6.28. The third kappa shape index (κ3) is 3.78. The Morgan fingerprint density at radius 1 is 1.25 bits per heavy atom. The quantitative estimate of drug-likeness (QED) is 0.683. The summed E-state index contributed by atoms with van der Waals surface area (Å²) in [5, 5.41) is 2.63. The zero-order valence-corrected chi connectivity index (χ0v) is 17.0. The number of anilines is 2. The van der Waals surface area contributed by atoms with Crippen molar-refractivity contribution < 1.29 is 17.6 Å². The van der Waals surface area contributed by atoms with Crippen molar-refractivity contribution in [3.8, 4) is 0 Å². The van der Waals surface area contributed by atoms with Crippen LogP contribution >= 0.6 is 11.3 Å². The topological polar surface area (TPSA) is 88.5 Å². The van der Waals surface area contributed by atoms with Crippen LogP contribution in [0.15, 0.2) is 47.3 Å². The van der Waals surface area contributed by atoms with Gasteiger partial charge in [0.05, 0.1) is 22.2 Å². The number of amides is 1. The maximum Gasteiger partial charge on any atom is 0.307 e. The molecule has 7 nitrogen and oxygen atoms in total. The number of rotatable bonds is 5. The van der Waals surface area contributed by atoms with E-state index in [4.69, 9.17) is 0 Å². The summed E-state index contributed by atoms with van der Waals surface area (Å²) < 4.78 is 41.6. The first-order valence-electron chi connectivity index (χ1n) is 8.24. The van der Waals surface area contributed by atoms with Crippen LogP contribution in [0.5, 0.6) is 0 Å². The molecule has 0 spiro atoms. The van der Waals surface area contributed by atoms with Crippen LogP contribution in [0.1, 0.15) is 6.92 Å². The lowest BCUT2D eigenvalue weighted by atomic mass is 10.2. The fourth-order valence-electron chi connectivity index (χ4n) is 2.87. The third-order valence-corrected chi connectivity index (χ3v) is 6.46. The van der Waals surface area contributed by atoms with Crippen LogP contribution in [0.4, 0.5) is 15.8 Å². The highest BCUT2D eigenvalue weighted by Crippen LogP contribution is 2.25. The first-order valence-corrected chi connectivity index (χ1v) is 10.9. The molecule has 1 aromatic heterocycles. The van der Waals surface area contributed by atoms with Gasteiger partial charge in [0, 0.05) is 12.7 Å². The summed E-state index contributed by atoms with van der Waals surface area (Å²) in [7, 11) is -2.27. The van der Waals surface area contributed by atoms with Crippen LogP contribution in [0.2, 0.25) is 0 Å². The SMILES string of the molecule is CC(C(=O)Nc1ccc2c(c1)sc(=O)n2C)N(c1ccccc1F)S(C)(=O)=O. The third-order valence-electron chi connectivity index (χ3n) is 4.24. The average Bonchev–Trinajstić information content (AvgIpc) is 2.89. The maximum absolute atomic E-state index is 14.2. The Hall–Kier alpha value is -2.72. The van der Waals surface area contributed by atoms with E-state index >= 15 is 0 Å². The Bertz CT molecular complexity index is 1220. The predicted molar refractivity (Wildman–Crippen MR) is 109 cm³/mol. The van der Waals surface area contributed by atoms with E-state index < -0.39 is 27.8 Å². The monoisotopic (exact) mass is 423 g/mol. The molecule has 28 heavy (non-hydrogen) atoms. The fourth-order valence-corrected chi connectivity index (χ4v) is 4.96. The van der Waals surface area contributed by atoms with E-state index in [1.165, 1.54) is 29.7 Å². The number of hydrogen-bond acceptors (Lipinski definition) is 5. The summed E-state index contributed by atoms with van der Waals surface area (Å²) in [5.74, 6) is -1.38. The summed E-state index contributed by atoms with van der Waals surface area (Å²) in [4.78, 5) is 24.3. The summed E-state index contributed by atoms with van der Waals surface area (Å²) in [6, 6.07) is 9.11. The molecule has 0 aliphatic carbocycles. The highest BCUT2D eigenvalue weighted by molar-refractivity contribution is 7.92. The lowest BCUT2D eigenvalue weighted by Gasteiger charge is -2.28. The zero-order chi connectivity index (χ0) is 20.6. The van der Waals surface area contributed by atoms with Gasteiger partial charge in [-0.2, -0.15) is 0 Å². The van der Waals surface area contributed by atoms with Gasteiger partial charge in [0.25, 0.3) is 0 Å². The lowest BCUT2D eigenvalue weighted by molar-refractivity contribution is -0.116. The van der Waals surface area contributed by atoms with E-state index in [1.54, 1.807) is 25.2 Å². The Morgan fingerprint density at radius 3 is 2.57 bits per heavy atom. The van der Waals surface area contributed by atoms with Gasteiger partial charge < -0.3 is 9.88 Å². The van der Waals surface area contributed by atoms with Crippen LogP contribution in [0.25, 0.3) is 10.2 Å². The molecule has 1 N–H and O–H groups in total. The summed E-state index contributed by atoms with van der Waals surface area (Å²) in [6.07, 6.45) is 0.913. The normalized spacial score (nSPS) is 12.7. The number of aromatic nitrogens is 1. The Balaban J connectivity index is 1.92. The number of para-hydroxylation sites is 1. The van der Waals surface area contributed by atoms with Crippen LogP contribution in [-0.2, 0) is 21.9 Å². The molecule has 0 saturated carbocycles. The van der Waals surface area contributed by atoms with Gasteiger partial charge in [-0.3, -0.25) is 13.9 Å². The summed E-state index contributed by atoms with van der Waals surface area (Å²) in [5.41, 5.74) is 0.933. The molecule has 3 rings (SSSR count). The largest absolute Gasteiger partial charge is 0.324 e. The number of halogens is 1. The minimum Gasteiger partial charge on any atom is -0.324 e. The van der Waals surface area contributed by atoms with Crippen LogP contribution in [0, 0.1) is 5.82 Å². The van der Waals surface area contributed by atoms with E-state index in [2.05, 4.69) is 5.32 Å². The molecule has 1 amide bonds. The van der Waals surface area contributed by atoms with Crippen molar-refractivity contribution in [2.75, 3.05) is 15.9 Å². The number of nitrogens with one attached hydrogen (secondary N) is 1. The van der Waals surface area contributed by atoms with Gasteiger partial charge in [-0.25, -0.2) is 12.8 Å². The molecule has 0 aliphatic rings. The van der Waals surface area contributed by atoms with Crippen molar-refractivity contribution in [1.29, 1.82) is 0 Å². The summed E-state index contributed by atoms with van der Waals surface area (Å²) >= 11 is 1.04. The number of thiazole rings is 1. The Morgan fingerprint density at radius 2 is 1.93 bits per heavy atom. The molecule has 0 aliphatic heterocycles. The van der Waals surface area contributed by atoms with Crippen molar-refractivity contribution in [3.63, 3.8) is 0 Å². The van der Waals surface area contributed by atoms with Crippen molar-refractivity contribution in [1.82, 2.24) is 4.57 Å². The van der Waals surface area contributed by atoms with Crippen LogP contribution in [-0.4, -0.2) is 31.2 Å². The van der Waals surface area contributed by atoms with Gasteiger partial charge in [-0.05, 0) is 37.3 Å². The van der Waals surface area contributed by atoms with Crippen molar-refractivity contribution in [2.24, 2.45) is 7.05 Å². The van der Waals surface area contributed by atoms with E-state index in [-0.39, 0.29) is 10.6 Å². The number of aryl methyl sites for hydroxylation is 1. The predicted octanol–water partition coefficient (Wildman–Crippen LogP) is 2.53. The average molecular weight is 423 g/mol. The van der Waals surface area contributed by atoms with E-state index in [0.29, 0.717) is 10.4 Å². The number of carbonyl (C=O) groups is 1. The molecule has 3 aromatic rings. The lowest BCUT2D eigenvalue weighted by Crippen LogP contribution is -2.45. The van der Waals surface area contributed by atoms with Gasteiger partial charge in [0.1, 0.15) is 11.9 Å². The first-order chi connectivity index (χ1) is 13.1. The minimum absolute atomic E-state index is 0.130. The molecular weight excluding hydrogens is 405 g/mol. The molecular formula is C18H18FN3O4S2. The number of carbonyl (C=O) groups excluding carboxylic acids is 1. The maximum atomic E-state index is 14.2. The molecule has 2 aromatic carbocycles. The van der Waals surface area contributed by atoms with Crippen molar-refractivity contribution in [2.45, 2.75) is 13.0 Å². The second kappa shape index (κ2) is 7.36. The van der Waals surface area contributed by atoms with E-state index in [0.717, 1.165) is 33.5 Å². The first kappa shape index (κ1) is 20.0. The number of benzene rings is 2. The van der Waals surface area contributed by atoms with E-state index in [9.17, 15) is 22.4 Å². The molecule has 0 radical (unpaired) electrons. The summed E-state index contributed by atoms with van der Waals surface area (Å²) in [6.45, 7) is 1.38. The number of sulfonamides is 1. The molecule has 0 fully saturated rings. The van der Waals surface area contributed by atoms with Crippen molar-refractivity contribution in [3.05, 3.63) is 57.9 Å². The van der Waals surface area contributed by atoms with Gasteiger partial charge in [-0.15, -0.1) is 0 Å². The van der Waals surface area contributed by atoms with Crippen molar-refractivity contribution >= 4 is 48.9 Å². The molecule has 10 heteroatoms. The molecule has 0 bridgehead atoms. The Labute approximate surface area is 165 Å². The molecule has 148 valence electrons. The second-order valence-corrected chi connectivity index (χ2v) is 9.14. The smallest absolute Gasteiger partial charge is 0.307 e. The highest BCUT2D eigenvalue weighted by Gasteiger charge is 2.31. The molecule has 1 atom stereocenters. The minimum atomic E-state index is -3.92. The van der Waals surface area contributed by atoms with Crippen LogP contribution in [0.3, 0.4) is 0 Å². The number of nitrogens with zero attached hydrogens (tertiary/aromatic N) is 2. The van der Waals surface area contributed by atoms with Gasteiger partial charge in [0.2, 0.25) is 15.9 Å². The zero-order valence-electron chi connectivity index (χ0n) is 15.3. The van der Waals surface area contributed by atoms with Gasteiger partial charge in [-0.1, -0.05) is 23.5 Å². The number of hydrogen-bond donors (Lipinski definition) is 1. The fraction of sp³-hybridized carbons (Fsp3) is 0.222. The van der Waals surface area contributed by atoms with Crippen LogP contribution < -0.4 is 14.5 Å². The molecule has 0 saturated heterocycles. The standard InChI is InChI=1S/C18H18FN3O4S2/c1-11(22(28(3,25)26)14-7-5-4-6-13(14)19)17(23)20-12-8-9-15-16(10-12)27-18(24)21(15)2/h4-11H,1-3H3,(H,20,23). The van der Waals surface area contributed by atoms with Gasteiger partial charge in [0.15, 0.2) is 0 Å². The molecule has 1 heterocycles. The van der Waals surface area contributed by atoms with E-state index in [1.807, 2.05) is 0 Å². The van der Waals surface area contributed by atoms with Gasteiger partial charge >= 0.3 is 4.87 Å². The molecule has 1 unspecified atom stereocenters.